The summed E-state index contributed by atoms with van der Waals surface area (Å²) in [6.45, 7) is 1.61. The summed E-state index contributed by atoms with van der Waals surface area (Å²) in [7, 11) is 0. The molecule has 0 spiro atoms. The normalized spacial score (nSPS) is 11.5. The number of carbonyl (C=O) groups excluding carboxylic acids is 1. The minimum absolute atomic E-state index is 0.197. The molecule has 1 aromatic heterocycles. The number of rotatable bonds is 3. The van der Waals surface area contributed by atoms with E-state index < -0.39 is 11.7 Å². The predicted molar refractivity (Wildman–Crippen MR) is 48.2 cm³/mol. The Morgan fingerprint density at radius 2 is 2.13 bits per heavy atom. The molecule has 0 saturated heterocycles. The lowest BCUT2D eigenvalue weighted by molar-refractivity contribution is -0.138. The molecule has 0 radical (unpaired) electrons. The van der Waals surface area contributed by atoms with Crippen molar-refractivity contribution in [2.24, 2.45) is 0 Å². The van der Waals surface area contributed by atoms with Crippen LogP contribution in [0.15, 0.2) is 18.3 Å². The molecular formula is C10H10F3NO. The van der Waals surface area contributed by atoms with Crippen LogP contribution in [0.5, 0.6) is 0 Å². The van der Waals surface area contributed by atoms with E-state index in [4.69, 9.17) is 0 Å². The standard InChI is InChI=1S/C10H10F3NO/c1-2-7(15)6-9-8(10(11,12)13)4-3-5-14-9/h3-5H,2,6H2,1H3. The van der Waals surface area contributed by atoms with Crippen LogP contribution in [0.4, 0.5) is 13.2 Å². The van der Waals surface area contributed by atoms with E-state index in [0.29, 0.717) is 0 Å². The fraction of sp³-hybridized carbons (Fsp3) is 0.400. The predicted octanol–water partition coefficient (Wildman–Crippen LogP) is 2.62. The molecule has 1 heterocycles. The molecule has 0 N–H and O–H groups in total. The number of nitrogens with zero attached hydrogens (tertiary/aromatic N) is 1. The van der Waals surface area contributed by atoms with Crippen molar-refractivity contribution in [2.75, 3.05) is 0 Å². The summed E-state index contributed by atoms with van der Waals surface area (Å²) in [6.07, 6.45) is -3.23. The molecule has 0 aliphatic carbocycles. The molecule has 0 aliphatic heterocycles. The summed E-state index contributed by atoms with van der Waals surface area (Å²) in [6, 6.07) is 2.15. The molecule has 15 heavy (non-hydrogen) atoms. The Morgan fingerprint density at radius 3 is 2.67 bits per heavy atom. The Hall–Kier alpha value is -1.39. The van der Waals surface area contributed by atoms with E-state index in [9.17, 15) is 18.0 Å². The summed E-state index contributed by atoms with van der Waals surface area (Å²) in [4.78, 5) is 14.6. The van der Waals surface area contributed by atoms with Crippen molar-refractivity contribution < 1.29 is 18.0 Å². The molecule has 1 aromatic rings. The van der Waals surface area contributed by atoms with Crippen molar-refractivity contribution in [1.82, 2.24) is 4.98 Å². The molecule has 2 nitrogen and oxygen atoms in total. The van der Waals surface area contributed by atoms with Gasteiger partial charge in [0.05, 0.1) is 11.3 Å². The van der Waals surface area contributed by atoms with Gasteiger partial charge in [0.2, 0.25) is 0 Å². The molecule has 5 heteroatoms. The molecule has 82 valence electrons. The zero-order valence-corrected chi connectivity index (χ0v) is 8.14. The van der Waals surface area contributed by atoms with E-state index >= 15 is 0 Å². The van der Waals surface area contributed by atoms with Gasteiger partial charge in [0.15, 0.2) is 0 Å². The number of alkyl halides is 3. The van der Waals surface area contributed by atoms with Gasteiger partial charge in [-0.15, -0.1) is 0 Å². The highest BCUT2D eigenvalue weighted by Crippen LogP contribution is 2.31. The molecule has 0 unspecified atom stereocenters. The van der Waals surface area contributed by atoms with Gasteiger partial charge in [-0.2, -0.15) is 13.2 Å². The SMILES string of the molecule is CCC(=O)Cc1ncccc1C(F)(F)F. The van der Waals surface area contributed by atoms with Crippen molar-refractivity contribution in [3.8, 4) is 0 Å². The summed E-state index contributed by atoms with van der Waals surface area (Å²) in [5.74, 6) is -0.251. The second kappa shape index (κ2) is 4.42. The van der Waals surface area contributed by atoms with Gasteiger partial charge in [-0.3, -0.25) is 9.78 Å². The number of halogens is 3. The number of aromatic nitrogens is 1. The number of carbonyl (C=O) groups is 1. The highest BCUT2D eigenvalue weighted by Gasteiger charge is 2.33. The highest BCUT2D eigenvalue weighted by molar-refractivity contribution is 5.80. The molecule has 0 saturated carbocycles. The van der Waals surface area contributed by atoms with E-state index in [-0.39, 0.29) is 24.3 Å². The highest BCUT2D eigenvalue weighted by atomic mass is 19.4. The smallest absolute Gasteiger partial charge is 0.299 e. The number of hydrogen-bond donors (Lipinski definition) is 0. The first-order valence-electron chi connectivity index (χ1n) is 4.48. The third kappa shape index (κ3) is 3.04. The van der Waals surface area contributed by atoms with Gasteiger partial charge >= 0.3 is 6.18 Å². The zero-order chi connectivity index (χ0) is 11.5. The first-order chi connectivity index (χ1) is 6.95. The van der Waals surface area contributed by atoms with Crippen LogP contribution in [0.25, 0.3) is 0 Å². The fourth-order valence-corrected chi connectivity index (χ4v) is 1.15. The molecule has 0 amide bonds. The third-order valence-electron chi connectivity index (χ3n) is 1.95. The molecule has 0 bridgehead atoms. The summed E-state index contributed by atoms with van der Waals surface area (Å²) in [5.41, 5.74) is -1.02. The number of pyridine rings is 1. The number of Topliss-reactive ketones (excluding diaryl/α,β-unsaturated/α-hetero) is 1. The average Bonchev–Trinajstić information content (AvgIpc) is 2.17. The lowest BCUT2D eigenvalue weighted by atomic mass is 10.1. The average molecular weight is 217 g/mol. The van der Waals surface area contributed by atoms with E-state index in [0.717, 1.165) is 6.07 Å². The van der Waals surface area contributed by atoms with Crippen LogP contribution in [0.2, 0.25) is 0 Å². The van der Waals surface area contributed by atoms with Gasteiger partial charge in [-0.05, 0) is 12.1 Å². The Kier molecular flexibility index (Phi) is 3.44. The van der Waals surface area contributed by atoms with Crippen molar-refractivity contribution in [2.45, 2.75) is 25.9 Å². The maximum atomic E-state index is 12.5. The van der Waals surface area contributed by atoms with E-state index in [2.05, 4.69) is 4.98 Å². The topological polar surface area (TPSA) is 30.0 Å². The molecule has 0 fully saturated rings. The van der Waals surface area contributed by atoms with Gasteiger partial charge in [-0.1, -0.05) is 6.92 Å². The van der Waals surface area contributed by atoms with Crippen LogP contribution < -0.4 is 0 Å². The minimum atomic E-state index is -4.45. The monoisotopic (exact) mass is 217 g/mol. The maximum absolute atomic E-state index is 12.5. The second-order valence-corrected chi connectivity index (χ2v) is 3.06. The van der Waals surface area contributed by atoms with Gasteiger partial charge in [0.25, 0.3) is 0 Å². The van der Waals surface area contributed by atoms with Crippen molar-refractivity contribution in [3.05, 3.63) is 29.6 Å². The van der Waals surface area contributed by atoms with E-state index in [1.807, 2.05) is 0 Å². The number of ketones is 1. The first-order valence-corrected chi connectivity index (χ1v) is 4.48. The van der Waals surface area contributed by atoms with Gasteiger partial charge in [0, 0.05) is 19.0 Å². The molecule has 1 rings (SSSR count). The van der Waals surface area contributed by atoms with Gasteiger partial charge < -0.3 is 0 Å². The van der Waals surface area contributed by atoms with Gasteiger partial charge in [0.1, 0.15) is 5.78 Å². The Labute approximate surface area is 85.1 Å². The van der Waals surface area contributed by atoms with E-state index in [1.165, 1.54) is 12.3 Å². The van der Waals surface area contributed by atoms with Crippen LogP contribution in [-0.4, -0.2) is 10.8 Å². The Bertz CT molecular complexity index is 360. The first kappa shape index (κ1) is 11.7. The Morgan fingerprint density at radius 1 is 1.47 bits per heavy atom. The van der Waals surface area contributed by atoms with Crippen LogP contribution in [0.1, 0.15) is 24.6 Å². The van der Waals surface area contributed by atoms with Crippen LogP contribution in [-0.2, 0) is 17.4 Å². The molecule has 0 atom stereocenters. The van der Waals surface area contributed by atoms with Crippen LogP contribution in [0.3, 0.4) is 0 Å². The molecule has 0 aromatic carbocycles. The Balaban J connectivity index is 3.02. The van der Waals surface area contributed by atoms with Crippen molar-refractivity contribution in [1.29, 1.82) is 0 Å². The summed E-state index contributed by atoms with van der Waals surface area (Å²) in [5, 5.41) is 0. The fourth-order valence-electron chi connectivity index (χ4n) is 1.15. The van der Waals surface area contributed by atoms with Crippen molar-refractivity contribution >= 4 is 5.78 Å². The molecule has 0 aliphatic rings. The van der Waals surface area contributed by atoms with Crippen LogP contribution in [0, 0.1) is 0 Å². The summed E-state index contributed by atoms with van der Waals surface area (Å²) >= 11 is 0. The van der Waals surface area contributed by atoms with E-state index in [1.54, 1.807) is 6.92 Å². The second-order valence-electron chi connectivity index (χ2n) is 3.06. The third-order valence-corrected chi connectivity index (χ3v) is 1.95. The lowest BCUT2D eigenvalue weighted by Gasteiger charge is -2.10. The molecular weight excluding hydrogens is 207 g/mol. The van der Waals surface area contributed by atoms with Crippen LogP contribution >= 0.6 is 0 Å². The van der Waals surface area contributed by atoms with Crippen molar-refractivity contribution in [3.63, 3.8) is 0 Å². The quantitative estimate of drug-likeness (QED) is 0.778. The number of hydrogen-bond acceptors (Lipinski definition) is 2. The van der Waals surface area contributed by atoms with Gasteiger partial charge in [-0.25, -0.2) is 0 Å². The minimum Gasteiger partial charge on any atom is -0.299 e. The zero-order valence-electron chi connectivity index (χ0n) is 8.14. The largest absolute Gasteiger partial charge is 0.418 e. The summed E-state index contributed by atoms with van der Waals surface area (Å²) < 4.78 is 37.4. The maximum Gasteiger partial charge on any atom is 0.418 e. The lowest BCUT2D eigenvalue weighted by Crippen LogP contribution is -2.13.